The normalized spacial score (nSPS) is 10.5. The number of rotatable bonds is 7. The molecule has 0 unspecified atom stereocenters. The molecule has 0 aliphatic heterocycles. The summed E-state index contributed by atoms with van der Waals surface area (Å²) in [5.74, 6) is -0.874. The van der Waals surface area contributed by atoms with E-state index < -0.39 is 24.3 Å². The number of hydrogen-bond acceptors (Lipinski definition) is 5. The number of ether oxygens (including phenoxy) is 3. The second kappa shape index (κ2) is 9.59. The molecule has 0 saturated carbocycles. The first kappa shape index (κ1) is 20.3. The molecule has 2 rings (SSSR count). The van der Waals surface area contributed by atoms with Crippen LogP contribution in [0.15, 0.2) is 42.5 Å². The zero-order valence-electron chi connectivity index (χ0n) is 14.6. The van der Waals surface area contributed by atoms with Crippen LogP contribution in [0.1, 0.15) is 5.56 Å². The minimum atomic E-state index is -0.713. The first-order valence-corrected chi connectivity index (χ1v) is 8.12. The first-order valence-electron chi connectivity index (χ1n) is 7.74. The average Bonchev–Trinajstić information content (AvgIpc) is 2.66. The lowest BCUT2D eigenvalue weighted by atomic mass is 10.2. The SMILES string of the molecule is COc1cc(/C=C/C(=O)OCC(=O)Nc2ccc(F)cc2)cc(Cl)c1OC. The zero-order chi connectivity index (χ0) is 19.8. The number of amides is 1. The Bertz CT molecular complexity index is 852. The van der Waals surface area contributed by atoms with Gasteiger partial charge in [0, 0.05) is 11.8 Å². The third-order valence-electron chi connectivity index (χ3n) is 3.34. The number of carbonyl (C=O) groups is 2. The molecular weight excluding hydrogens is 377 g/mol. The van der Waals surface area contributed by atoms with E-state index in [1.807, 2.05) is 0 Å². The summed E-state index contributed by atoms with van der Waals surface area (Å²) in [6.45, 7) is -0.479. The lowest BCUT2D eigenvalue weighted by Crippen LogP contribution is -2.20. The minimum absolute atomic E-state index is 0.323. The average molecular weight is 394 g/mol. The molecule has 0 saturated heterocycles. The molecule has 1 amide bonds. The van der Waals surface area contributed by atoms with E-state index in [0.717, 1.165) is 6.08 Å². The Labute approximate surface area is 160 Å². The van der Waals surface area contributed by atoms with E-state index in [-0.39, 0.29) is 0 Å². The number of anilines is 1. The number of benzene rings is 2. The van der Waals surface area contributed by atoms with E-state index in [1.54, 1.807) is 12.1 Å². The zero-order valence-corrected chi connectivity index (χ0v) is 15.4. The van der Waals surface area contributed by atoms with Crippen LogP contribution in [0.25, 0.3) is 6.08 Å². The van der Waals surface area contributed by atoms with Crippen LogP contribution in [0, 0.1) is 5.82 Å². The van der Waals surface area contributed by atoms with Gasteiger partial charge in [0.2, 0.25) is 0 Å². The first-order chi connectivity index (χ1) is 12.9. The fourth-order valence-corrected chi connectivity index (χ4v) is 2.41. The molecule has 142 valence electrons. The maximum absolute atomic E-state index is 12.8. The lowest BCUT2D eigenvalue weighted by Gasteiger charge is -2.10. The molecule has 0 aliphatic carbocycles. The van der Waals surface area contributed by atoms with Crippen molar-refractivity contribution in [2.24, 2.45) is 0 Å². The third-order valence-corrected chi connectivity index (χ3v) is 3.62. The van der Waals surface area contributed by atoms with Crippen molar-refractivity contribution in [3.05, 3.63) is 58.9 Å². The maximum atomic E-state index is 12.8. The molecule has 0 aliphatic rings. The topological polar surface area (TPSA) is 73.9 Å². The number of nitrogens with one attached hydrogen (secondary N) is 1. The van der Waals surface area contributed by atoms with Crippen molar-refractivity contribution in [2.75, 3.05) is 26.1 Å². The molecule has 27 heavy (non-hydrogen) atoms. The molecular formula is C19H17ClFNO5. The van der Waals surface area contributed by atoms with Gasteiger partial charge in [0.15, 0.2) is 18.1 Å². The largest absolute Gasteiger partial charge is 0.493 e. The highest BCUT2D eigenvalue weighted by Gasteiger charge is 2.10. The van der Waals surface area contributed by atoms with Crippen LogP contribution in [0.2, 0.25) is 5.02 Å². The standard InChI is InChI=1S/C19H17ClFNO5/c1-25-16-10-12(9-15(20)19(16)26-2)3-8-18(24)27-11-17(23)22-14-6-4-13(21)5-7-14/h3-10H,11H2,1-2H3,(H,22,23)/b8-3+. The summed E-state index contributed by atoms with van der Waals surface area (Å²) >= 11 is 6.09. The Balaban J connectivity index is 1.90. The number of methoxy groups -OCH3 is 2. The van der Waals surface area contributed by atoms with Crippen LogP contribution in [-0.2, 0) is 14.3 Å². The molecule has 6 nitrogen and oxygen atoms in total. The van der Waals surface area contributed by atoms with Gasteiger partial charge < -0.3 is 19.5 Å². The van der Waals surface area contributed by atoms with Crippen LogP contribution in [-0.4, -0.2) is 32.7 Å². The molecule has 0 radical (unpaired) electrons. The van der Waals surface area contributed by atoms with E-state index in [2.05, 4.69) is 5.32 Å². The highest BCUT2D eigenvalue weighted by atomic mass is 35.5. The Morgan fingerprint density at radius 2 is 1.85 bits per heavy atom. The fraction of sp³-hybridized carbons (Fsp3) is 0.158. The Hall–Kier alpha value is -3.06. The number of hydrogen-bond donors (Lipinski definition) is 1. The van der Waals surface area contributed by atoms with Gasteiger partial charge in [0.1, 0.15) is 5.82 Å². The summed E-state index contributed by atoms with van der Waals surface area (Å²) in [5, 5.41) is 2.80. The van der Waals surface area contributed by atoms with Crippen molar-refractivity contribution in [2.45, 2.75) is 0 Å². The van der Waals surface area contributed by atoms with Gasteiger partial charge in [0.25, 0.3) is 5.91 Å². The molecule has 0 bridgehead atoms. The smallest absolute Gasteiger partial charge is 0.331 e. The van der Waals surface area contributed by atoms with Gasteiger partial charge >= 0.3 is 5.97 Å². The van der Waals surface area contributed by atoms with Crippen molar-refractivity contribution in [3.63, 3.8) is 0 Å². The quantitative estimate of drug-likeness (QED) is 0.573. The Morgan fingerprint density at radius 3 is 2.48 bits per heavy atom. The van der Waals surface area contributed by atoms with Gasteiger partial charge in [-0.05, 0) is 48.0 Å². The van der Waals surface area contributed by atoms with Gasteiger partial charge in [-0.2, -0.15) is 0 Å². The van der Waals surface area contributed by atoms with Gasteiger partial charge in [0.05, 0.1) is 19.2 Å². The molecule has 2 aromatic rings. The van der Waals surface area contributed by atoms with Crippen molar-refractivity contribution in [1.29, 1.82) is 0 Å². The number of halogens is 2. The molecule has 0 aromatic heterocycles. The van der Waals surface area contributed by atoms with E-state index in [4.69, 9.17) is 25.8 Å². The van der Waals surface area contributed by atoms with Crippen LogP contribution < -0.4 is 14.8 Å². The molecule has 0 spiro atoms. The molecule has 0 fully saturated rings. The summed E-state index contributed by atoms with van der Waals surface area (Å²) in [6.07, 6.45) is 2.62. The van der Waals surface area contributed by atoms with Crippen molar-refractivity contribution >= 4 is 35.2 Å². The van der Waals surface area contributed by atoms with Gasteiger partial charge in [-0.3, -0.25) is 4.79 Å². The van der Waals surface area contributed by atoms with Gasteiger partial charge in [-0.1, -0.05) is 11.6 Å². The summed E-state index contributed by atoms with van der Waals surface area (Å²) in [7, 11) is 2.93. The molecule has 1 N–H and O–H groups in total. The van der Waals surface area contributed by atoms with E-state index in [0.29, 0.717) is 27.8 Å². The lowest BCUT2D eigenvalue weighted by molar-refractivity contribution is -0.142. The highest BCUT2D eigenvalue weighted by Crippen LogP contribution is 2.36. The van der Waals surface area contributed by atoms with E-state index >= 15 is 0 Å². The van der Waals surface area contributed by atoms with Crippen molar-refractivity contribution in [3.8, 4) is 11.5 Å². The second-order valence-electron chi connectivity index (χ2n) is 5.23. The van der Waals surface area contributed by atoms with Gasteiger partial charge in [-0.15, -0.1) is 0 Å². The number of esters is 1. The highest BCUT2D eigenvalue weighted by molar-refractivity contribution is 6.32. The number of carbonyl (C=O) groups excluding carboxylic acids is 2. The molecule has 2 aromatic carbocycles. The van der Waals surface area contributed by atoms with Crippen LogP contribution in [0.5, 0.6) is 11.5 Å². The monoisotopic (exact) mass is 393 g/mol. The summed E-state index contributed by atoms with van der Waals surface area (Å²) in [6, 6.07) is 8.44. The van der Waals surface area contributed by atoms with Gasteiger partial charge in [-0.25, -0.2) is 9.18 Å². The van der Waals surface area contributed by atoms with E-state index in [9.17, 15) is 14.0 Å². The van der Waals surface area contributed by atoms with Crippen molar-refractivity contribution in [1.82, 2.24) is 0 Å². The predicted molar refractivity (Wildman–Crippen MR) is 99.6 cm³/mol. The maximum Gasteiger partial charge on any atom is 0.331 e. The van der Waals surface area contributed by atoms with Crippen molar-refractivity contribution < 1.29 is 28.2 Å². The van der Waals surface area contributed by atoms with Crippen LogP contribution >= 0.6 is 11.6 Å². The minimum Gasteiger partial charge on any atom is -0.493 e. The Morgan fingerprint density at radius 1 is 1.15 bits per heavy atom. The second-order valence-corrected chi connectivity index (χ2v) is 5.64. The molecule has 8 heteroatoms. The third kappa shape index (κ3) is 6.00. The van der Waals surface area contributed by atoms with Crippen LogP contribution in [0.4, 0.5) is 10.1 Å². The fourth-order valence-electron chi connectivity index (χ4n) is 2.11. The molecule has 0 heterocycles. The predicted octanol–water partition coefficient (Wildman–Crippen LogP) is 3.69. The van der Waals surface area contributed by atoms with E-state index in [1.165, 1.54) is 44.6 Å². The van der Waals surface area contributed by atoms with Crippen LogP contribution in [0.3, 0.4) is 0 Å². The Kier molecular flexibility index (Phi) is 7.19. The summed E-state index contributed by atoms with van der Waals surface area (Å²) < 4.78 is 28.0. The summed E-state index contributed by atoms with van der Waals surface area (Å²) in [5.41, 5.74) is 0.985. The molecule has 0 atom stereocenters. The summed E-state index contributed by atoms with van der Waals surface area (Å²) in [4.78, 5) is 23.5.